The van der Waals surface area contributed by atoms with Crippen LogP contribution >= 0.6 is 0 Å². The fraction of sp³-hybridized carbons (Fsp3) is 0.280. The van der Waals surface area contributed by atoms with E-state index < -0.39 is 17.4 Å². The molecule has 0 unspecified atom stereocenters. The number of nitrogens with one attached hydrogen (secondary N) is 2. The normalized spacial score (nSPS) is 23.2. The number of rotatable bonds is 4. The van der Waals surface area contributed by atoms with Gasteiger partial charge in [0.1, 0.15) is 0 Å². The number of pyridine rings is 2. The van der Waals surface area contributed by atoms with Gasteiger partial charge in [0.2, 0.25) is 11.9 Å². The van der Waals surface area contributed by atoms with Crippen molar-refractivity contribution in [2.24, 2.45) is 0 Å². The predicted octanol–water partition coefficient (Wildman–Crippen LogP) is 4.16. The van der Waals surface area contributed by atoms with Crippen molar-refractivity contribution in [3.05, 3.63) is 83.7 Å². The van der Waals surface area contributed by atoms with Crippen molar-refractivity contribution >= 4 is 11.9 Å². The smallest absolute Gasteiger partial charge is 0.239 e. The minimum atomic E-state index is -0.990. The number of likely N-dealkylation sites (N-methyl/N-ethyl adjacent to an activating group) is 1. The molecule has 1 saturated heterocycles. The van der Waals surface area contributed by atoms with E-state index in [1.807, 2.05) is 19.1 Å². The molecule has 0 spiro atoms. The first-order valence-electron chi connectivity index (χ1n) is 10.7. The second-order valence-electron chi connectivity index (χ2n) is 8.72. The number of aromatic nitrogens is 2. The quantitative estimate of drug-likeness (QED) is 0.611. The molecule has 2 atom stereocenters. The third-order valence-corrected chi connectivity index (χ3v) is 6.55. The lowest BCUT2D eigenvalue weighted by Crippen LogP contribution is -2.62. The van der Waals surface area contributed by atoms with Gasteiger partial charge in [0, 0.05) is 25.0 Å². The number of carbonyl (C=O) groups excluding carboxylic acids is 1. The zero-order valence-electron chi connectivity index (χ0n) is 18.0. The second kappa shape index (κ2) is 7.51. The Morgan fingerprint density at radius 3 is 2.50 bits per heavy atom. The molecular formula is C25H24FN5O. The van der Waals surface area contributed by atoms with Gasteiger partial charge < -0.3 is 5.32 Å². The van der Waals surface area contributed by atoms with Crippen LogP contribution < -0.4 is 5.32 Å². The van der Waals surface area contributed by atoms with Gasteiger partial charge in [-0.2, -0.15) is 4.39 Å². The number of hydrogen-bond donors (Lipinski definition) is 2. The molecule has 2 fully saturated rings. The van der Waals surface area contributed by atoms with Gasteiger partial charge in [-0.1, -0.05) is 24.3 Å². The fourth-order valence-corrected chi connectivity index (χ4v) is 4.50. The standard InChI is InChI=1S/C25H24FN5O/c1-25(20-14-18(11-13-28-20)19-4-3-12-29-22(19)26)21(23(32)31(2)24(27)30-25)17-9-7-16(8-10-17)15-5-6-15/h3-4,7-15,21H,5-6H2,1-2H3,(H2,27,30)/t21-,25+/m0/s1. The molecule has 1 aromatic carbocycles. The number of carbonyl (C=O) groups is 1. The van der Waals surface area contributed by atoms with Crippen molar-refractivity contribution in [2.45, 2.75) is 37.1 Å². The lowest BCUT2D eigenvalue weighted by atomic mass is 9.75. The molecule has 32 heavy (non-hydrogen) atoms. The fourth-order valence-electron chi connectivity index (χ4n) is 4.50. The minimum absolute atomic E-state index is 0.00288. The van der Waals surface area contributed by atoms with Gasteiger partial charge in [-0.05, 0) is 66.6 Å². The van der Waals surface area contributed by atoms with Crippen molar-refractivity contribution in [1.29, 1.82) is 5.41 Å². The van der Waals surface area contributed by atoms with Gasteiger partial charge in [0.05, 0.1) is 17.2 Å². The van der Waals surface area contributed by atoms with E-state index in [1.54, 1.807) is 37.5 Å². The molecule has 162 valence electrons. The van der Waals surface area contributed by atoms with E-state index in [9.17, 15) is 9.18 Å². The lowest BCUT2D eigenvalue weighted by Gasteiger charge is -2.45. The summed E-state index contributed by atoms with van der Waals surface area (Å²) < 4.78 is 14.3. The van der Waals surface area contributed by atoms with E-state index in [1.165, 1.54) is 29.5 Å². The van der Waals surface area contributed by atoms with E-state index in [2.05, 4.69) is 27.4 Å². The molecule has 3 heterocycles. The molecule has 0 radical (unpaired) electrons. The van der Waals surface area contributed by atoms with E-state index >= 15 is 0 Å². The zero-order valence-corrected chi connectivity index (χ0v) is 18.0. The molecule has 1 aliphatic heterocycles. The molecule has 2 aromatic heterocycles. The van der Waals surface area contributed by atoms with Gasteiger partial charge >= 0.3 is 0 Å². The maximum atomic E-state index is 14.3. The summed E-state index contributed by atoms with van der Waals surface area (Å²) in [6.07, 6.45) is 5.43. The first kappa shape index (κ1) is 20.3. The maximum Gasteiger partial charge on any atom is 0.239 e. The number of amides is 1. The number of guanidine groups is 1. The molecule has 5 rings (SSSR count). The van der Waals surface area contributed by atoms with Crippen LogP contribution in [0.2, 0.25) is 0 Å². The van der Waals surface area contributed by atoms with Crippen LogP contribution in [0.25, 0.3) is 11.1 Å². The molecule has 7 heteroatoms. The zero-order chi connectivity index (χ0) is 22.5. The maximum absolute atomic E-state index is 14.3. The SMILES string of the molecule is CN1C(=N)N[C@](C)(c2cc(-c3cccnc3F)ccn2)[C@@H](c2ccc(C3CC3)cc2)C1=O. The van der Waals surface area contributed by atoms with E-state index in [0.717, 1.165) is 5.56 Å². The Morgan fingerprint density at radius 1 is 1.09 bits per heavy atom. The highest BCUT2D eigenvalue weighted by Crippen LogP contribution is 2.43. The number of benzene rings is 1. The monoisotopic (exact) mass is 429 g/mol. The van der Waals surface area contributed by atoms with Crippen molar-refractivity contribution in [1.82, 2.24) is 20.2 Å². The molecule has 0 bridgehead atoms. The predicted molar refractivity (Wildman–Crippen MR) is 120 cm³/mol. The summed E-state index contributed by atoms with van der Waals surface area (Å²) >= 11 is 0. The molecule has 2 N–H and O–H groups in total. The average molecular weight is 429 g/mol. The molecule has 6 nitrogen and oxygen atoms in total. The third kappa shape index (κ3) is 3.34. The Balaban J connectivity index is 1.61. The first-order valence-corrected chi connectivity index (χ1v) is 10.7. The molecular weight excluding hydrogens is 405 g/mol. The van der Waals surface area contributed by atoms with Crippen LogP contribution in [0.4, 0.5) is 4.39 Å². The van der Waals surface area contributed by atoms with Crippen molar-refractivity contribution in [2.75, 3.05) is 7.05 Å². The molecule has 1 amide bonds. The summed E-state index contributed by atoms with van der Waals surface area (Å²) in [5.74, 6) is -0.726. The Bertz CT molecular complexity index is 1210. The molecule has 1 saturated carbocycles. The van der Waals surface area contributed by atoms with E-state index in [0.29, 0.717) is 22.7 Å². The topological polar surface area (TPSA) is 82.0 Å². The molecule has 2 aliphatic rings. The number of nitrogens with zero attached hydrogens (tertiary/aromatic N) is 3. The van der Waals surface area contributed by atoms with Gasteiger partial charge in [-0.15, -0.1) is 0 Å². The van der Waals surface area contributed by atoms with Crippen LogP contribution in [-0.4, -0.2) is 33.8 Å². The summed E-state index contributed by atoms with van der Waals surface area (Å²) in [6, 6.07) is 15.0. The molecule has 1 aliphatic carbocycles. The van der Waals surface area contributed by atoms with Crippen LogP contribution in [0.5, 0.6) is 0 Å². The van der Waals surface area contributed by atoms with Crippen molar-refractivity contribution in [3.8, 4) is 11.1 Å². The van der Waals surface area contributed by atoms with Crippen molar-refractivity contribution < 1.29 is 9.18 Å². The van der Waals surface area contributed by atoms with Gasteiger partial charge in [0.15, 0.2) is 5.96 Å². The molecule has 3 aromatic rings. The van der Waals surface area contributed by atoms with Crippen LogP contribution in [-0.2, 0) is 10.3 Å². The van der Waals surface area contributed by atoms with E-state index in [4.69, 9.17) is 5.41 Å². The summed E-state index contributed by atoms with van der Waals surface area (Å²) in [6.45, 7) is 1.87. The third-order valence-electron chi connectivity index (χ3n) is 6.55. The van der Waals surface area contributed by atoms with Crippen LogP contribution in [0.15, 0.2) is 60.9 Å². The second-order valence-corrected chi connectivity index (χ2v) is 8.72. The Kier molecular flexibility index (Phi) is 4.77. The van der Waals surface area contributed by atoms with Crippen LogP contribution in [0, 0.1) is 11.4 Å². The first-order chi connectivity index (χ1) is 15.4. The van der Waals surface area contributed by atoms with Crippen LogP contribution in [0.1, 0.15) is 48.4 Å². The lowest BCUT2D eigenvalue weighted by molar-refractivity contribution is -0.131. The van der Waals surface area contributed by atoms with Crippen molar-refractivity contribution in [3.63, 3.8) is 0 Å². The minimum Gasteiger partial charge on any atom is -0.344 e. The highest BCUT2D eigenvalue weighted by atomic mass is 19.1. The highest BCUT2D eigenvalue weighted by molar-refractivity contribution is 6.02. The summed E-state index contributed by atoms with van der Waals surface area (Å²) in [5.41, 5.74) is 2.69. The summed E-state index contributed by atoms with van der Waals surface area (Å²) in [7, 11) is 1.59. The highest BCUT2D eigenvalue weighted by Gasteiger charge is 2.49. The largest absolute Gasteiger partial charge is 0.344 e. The Labute approximate surface area is 186 Å². The summed E-state index contributed by atoms with van der Waals surface area (Å²) in [5, 5.41) is 11.5. The number of halogens is 1. The van der Waals surface area contributed by atoms with Gasteiger partial charge in [0.25, 0.3) is 0 Å². The average Bonchev–Trinajstić information content (AvgIpc) is 3.64. The van der Waals surface area contributed by atoms with Crippen LogP contribution in [0.3, 0.4) is 0 Å². The van der Waals surface area contributed by atoms with Gasteiger partial charge in [-0.25, -0.2) is 4.98 Å². The van der Waals surface area contributed by atoms with E-state index in [-0.39, 0.29) is 11.9 Å². The summed E-state index contributed by atoms with van der Waals surface area (Å²) in [4.78, 5) is 23.0. The number of hydrogen-bond acceptors (Lipinski definition) is 4. The Morgan fingerprint density at radius 2 is 1.81 bits per heavy atom. The van der Waals surface area contributed by atoms with Gasteiger partial charge in [-0.3, -0.25) is 20.1 Å². The Hall–Kier alpha value is -3.61.